The summed E-state index contributed by atoms with van der Waals surface area (Å²) < 4.78 is 26.5. The smallest absolute Gasteiger partial charge is 0.229 e. The highest BCUT2D eigenvalue weighted by molar-refractivity contribution is 7.89. The number of H-pyrrole nitrogens is 1. The molecule has 0 unspecified atom stereocenters. The quantitative estimate of drug-likeness (QED) is 0.564. The van der Waals surface area contributed by atoms with E-state index >= 15 is 0 Å². The third kappa shape index (κ3) is 4.56. The molecule has 0 bridgehead atoms. The Morgan fingerprint density at radius 2 is 1.88 bits per heavy atom. The first-order valence-corrected chi connectivity index (χ1v) is 10.2. The molecule has 1 aliphatic heterocycles. The first kappa shape index (κ1) is 18.7. The van der Waals surface area contributed by atoms with Gasteiger partial charge in [-0.1, -0.05) is 0 Å². The molecule has 2 aromatic rings. The highest BCUT2D eigenvalue weighted by atomic mass is 32.2. The van der Waals surface area contributed by atoms with E-state index in [1.807, 2.05) is 0 Å². The highest BCUT2D eigenvalue weighted by Gasteiger charge is 2.20. The summed E-state index contributed by atoms with van der Waals surface area (Å²) in [7, 11) is -1.26. The Labute approximate surface area is 152 Å². The van der Waals surface area contributed by atoms with Gasteiger partial charge in [0.1, 0.15) is 0 Å². The molecule has 3 heterocycles. The van der Waals surface area contributed by atoms with Crippen molar-refractivity contribution >= 4 is 33.0 Å². The summed E-state index contributed by atoms with van der Waals surface area (Å²) in [5.41, 5.74) is 0.955. The number of sulfonamides is 1. The van der Waals surface area contributed by atoms with Crippen LogP contribution in [0.2, 0.25) is 0 Å². The molecule has 1 aliphatic rings. The number of aromatic nitrogens is 5. The molecule has 3 N–H and O–H groups in total. The molecule has 0 aliphatic carbocycles. The highest BCUT2D eigenvalue weighted by Crippen LogP contribution is 2.20. The second-order valence-corrected chi connectivity index (χ2v) is 8.55. The molecular weight excluding hydrogens is 358 g/mol. The number of aromatic amines is 1. The van der Waals surface area contributed by atoms with Gasteiger partial charge < -0.3 is 15.1 Å². The zero-order valence-corrected chi connectivity index (χ0v) is 16.0. The van der Waals surface area contributed by atoms with Crippen LogP contribution in [0.3, 0.4) is 0 Å². The average Bonchev–Trinajstić information content (AvgIpc) is 3.02. The molecule has 0 amide bonds. The molecule has 0 saturated carbocycles. The fourth-order valence-electron chi connectivity index (χ4n) is 2.73. The Kier molecular flexibility index (Phi) is 5.53. The van der Waals surface area contributed by atoms with E-state index < -0.39 is 10.0 Å². The van der Waals surface area contributed by atoms with Gasteiger partial charge in [-0.2, -0.15) is 20.3 Å². The van der Waals surface area contributed by atoms with Crippen LogP contribution >= 0.6 is 0 Å². The minimum Gasteiger partial charge on any atom is -0.367 e. The van der Waals surface area contributed by atoms with E-state index in [1.54, 1.807) is 13.8 Å². The lowest BCUT2D eigenvalue weighted by atomic mass is 10.3. The summed E-state index contributed by atoms with van der Waals surface area (Å²) in [4.78, 5) is 13.4. The number of hydrogen-bond acceptors (Lipinski definition) is 9. The fraction of sp³-hybridized carbons (Fsp3) is 0.714. The van der Waals surface area contributed by atoms with E-state index in [4.69, 9.17) is 0 Å². The predicted molar refractivity (Wildman–Crippen MR) is 99.7 cm³/mol. The zero-order chi connectivity index (χ0) is 18.7. The summed E-state index contributed by atoms with van der Waals surface area (Å²) in [5, 5.41) is 13.7. The lowest BCUT2D eigenvalue weighted by Gasteiger charge is -2.32. The van der Waals surface area contributed by atoms with E-state index in [0.717, 1.165) is 26.2 Å². The van der Waals surface area contributed by atoms with Crippen LogP contribution in [0, 0.1) is 0 Å². The molecule has 0 atom stereocenters. The second-order valence-electron chi connectivity index (χ2n) is 6.68. The van der Waals surface area contributed by atoms with Gasteiger partial charge in [-0.3, -0.25) is 0 Å². The van der Waals surface area contributed by atoms with Gasteiger partial charge in [-0.25, -0.2) is 13.1 Å². The van der Waals surface area contributed by atoms with E-state index in [0.29, 0.717) is 22.9 Å². The largest absolute Gasteiger partial charge is 0.367 e. The van der Waals surface area contributed by atoms with Crippen molar-refractivity contribution in [1.29, 1.82) is 0 Å². The molecule has 0 aromatic carbocycles. The van der Waals surface area contributed by atoms with Gasteiger partial charge in [0.15, 0.2) is 11.3 Å². The molecule has 1 saturated heterocycles. The first-order chi connectivity index (χ1) is 12.3. The summed E-state index contributed by atoms with van der Waals surface area (Å²) in [6.07, 6.45) is 0. The molecule has 12 heteroatoms. The minimum absolute atomic E-state index is 0.0572. The Balaban J connectivity index is 1.74. The van der Waals surface area contributed by atoms with E-state index in [-0.39, 0.29) is 18.3 Å². The van der Waals surface area contributed by atoms with E-state index in [1.165, 1.54) is 0 Å². The summed E-state index contributed by atoms with van der Waals surface area (Å²) >= 11 is 0. The number of rotatable bonds is 7. The van der Waals surface area contributed by atoms with Crippen LogP contribution in [0.4, 0.5) is 11.8 Å². The van der Waals surface area contributed by atoms with Crippen LogP contribution in [-0.2, 0) is 10.0 Å². The lowest BCUT2D eigenvalue weighted by molar-refractivity contribution is 0.311. The van der Waals surface area contributed by atoms with Gasteiger partial charge in [0.2, 0.25) is 21.6 Å². The number of piperazine rings is 1. The second kappa shape index (κ2) is 7.68. The molecular formula is C14H25N9O2S. The van der Waals surface area contributed by atoms with Crippen molar-refractivity contribution in [2.75, 3.05) is 55.7 Å². The van der Waals surface area contributed by atoms with Crippen molar-refractivity contribution in [3.63, 3.8) is 0 Å². The number of nitrogens with one attached hydrogen (secondary N) is 3. The van der Waals surface area contributed by atoms with Gasteiger partial charge >= 0.3 is 0 Å². The van der Waals surface area contributed by atoms with E-state index in [2.05, 4.69) is 52.3 Å². The topological polar surface area (TPSA) is 132 Å². The maximum atomic E-state index is 12.0. The Morgan fingerprint density at radius 3 is 2.58 bits per heavy atom. The standard InChI is InChI=1S/C14H25N9O2S/c1-10(2)20-26(24,25)9-4-15-12-11-13(19-21-18-11)17-14(16-12)23-7-5-22(3)6-8-23/h10,20H,4-9H2,1-3H3,(H2,15,16,17,18,19,21). The Bertz CT molecular complexity index is 843. The number of fused-ring (bicyclic) bond motifs is 1. The SMILES string of the molecule is CC(C)NS(=O)(=O)CCNc1nc(N2CCN(C)CC2)nc2n[nH]nc12. The van der Waals surface area contributed by atoms with Crippen LogP contribution in [0.5, 0.6) is 0 Å². The van der Waals surface area contributed by atoms with Gasteiger partial charge in [0.05, 0.1) is 5.75 Å². The Morgan fingerprint density at radius 1 is 1.15 bits per heavy atom. The van der Waals surface area contributed by atoms with Crippen molar-refractivity contribution in [2.24, 2.45) is 0 Å². The normalized spacial score (nSPS) is 16.5. The van der Waals surface area contributed by atoms with Crippen LogP contribution in [-0.4, -0.2) is 90.3 Å². The molecule has 3 rings (SSSR count). The molecule has 1 fully saturated rings. The third-order valence-electron chi connectivity index (χ3n) is 4.04. The van der Waals surface area contributed by atoms with Crippen LogP contribution in [0.25, 0.3) is 11.2 Å². The molecule has 0 radical (unpaired) electrons. The molecule has 11 nitrogen and oxygen atoms in total. The molecule has 144 valence electrons. The van der Waals surface area contributed by atoms with Gasteiger partial charge in [-0.05, 0) is 20.9 Å². The van der Waals surface area contributed by atoms with Gasteiger partial charge in [0, 0.05) is 38.8 Å². The average molecular weight is 383 g/mol. The monoisotopic (exact) mass is 383 g/mol. The zero-order valence-electron chi connectivity index (χ0n) is 15.2. The maximum Gasteiger partial charge on any atom is 0.229 e. The number of hydrogen-bond donors (Lipinski definition) is 3. The van der Waals surface area contributed by atoms with Gasteiger partial charge in [0.25, 0.3) is 0 Å². The third-order valence-corrected chi connectivity index (χ3v) is 5.61. The fourth-order valence-corrected chi connectivity index (χ4v) is 3.93. The van der Waals surface area contributed by atoms with Crippen molar-refractivity contribution in [2.45, 2.75) is 19.9 Å². The van der Waals surface area contributed by atoms with Crippen molar-refractivity contribution in [3.05, 3.63) is 0 Å². The minimum atomic E-state index is -3.34. The number of likely N-dealkylation sites (N-methyl/N-ethyl adjacent to an activating group) is 1. The van der Waals surface area contributed by atoms with Crippen LogP contribution < -0.4 is 14.9 Å². The summed E-state index contributed by atoms with van der Waals surface area (Å²) in [6.45, 7) is 7.30. The first-order valence-electron chi connectivity index (χ1n) is 8.60. The maximum absolute atomic E-state index is 12.0. The van der Waals surface area contributed by atoms with Crippen molar-refractivity contribution in [1.82, 2.24) is 35.0 Å². The molecule has 0 spiro atoms. The Hall–Kier alpha value is -2.05. The summed E-state index contributed by atoms with van der Waals surface area (Å²) in [5.74, 6) is 1.00. The van der Waals surface area contributed by atoms with Crippen molar-refractivity contribution in [3.8, 4) is 0 Å². The van der Waals surface area contributed by atoms with Crippen molar-refractivity contribution < 1.29 is 8.42 Å². The lowest BCUT2D eigenvalue weighted by Crippen LogP contribution is -2.45. The van der Waals surface area contributed by atoms with Gasteiger partial charge in [-0.15, -0.1) is 5.10 Å². The molecule has 2 aromatic heterocycles. The van der Waals surface area contributed by atoms with Crippen LogP contribution in [0.15, 0.2) is 0 Å². The molecule has 26 heavy (non-hydrogen) atoms. The predicted octanol–water partition coefficient (Wildman–Crippen LogP) is -0.761. The van der Waals surface area contributed by atoms with E-state index in [9.17, 15) is 8.42 Å². The summed E-state index contributed by atoms with van der Waals surface area (Å²) in [6, 6.07) is -0.134. The number of nitrogens with zero attached hydrogens (tertiary/aromatic N) is 6. The number of anilines is 2. The van der Waals surface area contributed by atoms with Crippen LogP contribution in [0.1, 0.15) is 13.8 Å².